The Morgan fingerprint density at radius 2 is 1.30 bits per heavy atom. The molecule has 2 aliphatic heterocycles. The molecule has 2 aliphatic rings. The molecule has 2 N–H and O–H groups in total. The Labute approximate surface area is 192 Å². The number of benzene rings is 3. The second kappa shape index (κ2) is 9.73. The summed E-state index contributed by atoms with van der Waals surface area (Å²) in [7, 11) is 0. The summed E-state index contributed by atoms with van der Waals surface area (Å²) >= 11 is 0. The maximum atomic E-state index is 12.7. The van der Waals surface area contributed by atoms with E-state index < -0.39 is 0 Å². The molecule has 0 bridgehead atoms. The number of amides is 2. The molecule has 0 atom stereocenters. The molecule has 2 heterocycles. The molecule has 7 heteroatoms. The van der Waals surface area contributed by atoms with Gasteiger partial charge < -0.3 is 29.6 Å². The average Bonchev–Trinajstić information content (AvgIpc) is 3.48. The second-order valence-electron chi connectivity index (χ2n) is 8.12. The first-order chi connectivity index (χ1) is 16.2. The van der Waals surface area contributed by atoms with Gasteiger partial charge in [0.25, 0.3) is 0 Å². The van der Waals surface area contributed by atoms with Crippen molar-refractivity contribution in [2.24, 2.45) is 0 Å². The molecule has 3 aromatic carbocycles. The Morgan fingerprint density at radius 1 is 0.727 bits per heavy atom. The Kier molecular flexibility index (Phi) is 6.19. The van der Waals surface area contributed by atoms with Crippen LogP contribution in [0.3, 0.4) is 0 Å². The maximum absolute atomic E-state index is 12.7. The number of hydrogen-bond acceptors (Lipinski definition) is 5. The Balaban J connectivity index is 1.25. The summed E-state index contributed by atoms with van der Waals surface area (Å²) in [4.78, 5) is 12.7. The molecule has 0 aliphatic carbocycles. The van der Waals surface area contributed by atoms with Gasteiger partial charge in [-0.15, -0.1) is 0 Å². The maximum Gasteiger partial charge on any atom is 0.315 e. The molecular weight excluding hydrogens is 420 g/mol. The van der Waals surface area contributed by atoms with Gasteiger partial charge >= 0.3 is 6.03 Å². The van der Waals surface area contributed by atoms with E-state index in [0.717, 1.165) is 40.5 Å². The summed E-state index contributed by atoms with van der Waals surface area (Å²) in [6, 6.07) is 21.6. The van der Waals surface area contributed by atoms with Crippen molar-refractivity contribution in [2.75, 3.05) is 20.1 Å². The molecule has 0 spiro atoms. The number of urea groups is 1. The second-order valence-corrected chi connectivity index (χ2v) is 8.12. The molecule has 7 nitrogen and oxygen atoms in total. The topological polar surface area (TPSA) is 78.1 Å². The minimum atomic E-state index is -0.183. The lowest BCUT2D eigenvalue weighted by molar-refractivity contribution is 0.173. The molecule has 0 saturated carbocycles. The zero-order chi connectivity index (χ0) is 22.5. The smallest absolute Gasteiger partial charge is 0.315 e. The zero-order valence-corrected chi connectivity index (χ0v) is 18.2. The molecular formula is C26H26N2O5. The van der Waals surface area contributed by atoms with E-state index in [1.54, 1.807) is 0 Å². The number of rotatable bonds is 8. The summed E-state index contributed by atoms with van der Waals surface area (Å²) in [5, 5.41) is 6.12. The Hall–Kier alpha value is -3.87. The van der Waals surface area contributed by atoms with Gasteiger partial charge in [-0.1, -0.05) is 42.5 Å². The first kappa shape index (κ1) is 21.0. The molecule has 0 aromatic heterocycles. The molecule has 0 unspecified atom stereocenters. The zero-order valence-electron chi connectivity index (χ0n) is 18.2. The highest BCUT2D eigenvalue weighted by molar-refractivity contribution is 5.74. The minimum Gasteiger partial charge on any atom is -0.454 e. The molecule has 0 fully saturated rings. The highest BCUT2D eigenvalue weighted by atomic mass is 16.7. The third kappa shape index (κ3) is 5.31. The van der Waals surface area contributed by atoms with Crippen LogP contribution in [0.25, 0.3) is 0 Å². The number of fused-ring (bicyclic) bond motifs is 2. The first-order valence-corrected chi connectivity index (χ1v) is 11.1. The molecule has 0 radical (unpaired) electrons. The fourth-order valence-electron chi connectivity index (χ4n) is 4.08. The predicted molar refractivity (Wildman–Crippen MR) is 123 cm³/mol. The normalized spacial score (nSPS) is 13.2. The molecule has 0 saturated heterocycles. The molecule has 2 amide bonds. The van der Waals surface area contributed by atoms with Crippen LogP contribution in [0, 0.1) is 0 Å². The van der Waals surface area contributed by atoms with Crippen LogP contribution in [-0.4, -0.2) is 32.2 Å². The van der Waals surface area contributed by atoms with Gasteiger partial charge in [0.1, 0.15) is 0 Å². The first-order valence-electron chi connectivity index (χ1n) is 11.1. The van der Waals surface area contributed by atoms with Crippen molar-refractivity contribution in [2.45, 2.75) is 25.3 Å². The van der Waals surface area contributed by atoms with E-state index in [1.807, 2.05) is 54.6 Å². The van der Waals surface area contributed by atoms with Crippen molar-refractivity contribution in [3.05, 3.63) is 83.4 Å². The summed E-state index contributed by atoms with van der Waals surface area (Å²) in [6.45, 7) is 1.04. The van der Waals surface area contributed by atoms with Gasteiger partial charge in [-0.3, -0.25) is 0 Å². The van der Waals surface area contributed by atoms with Crippen LogP contribution in [0.5, 0.6) is 23.0 Å². The van der Waals surface area contributed by atoms with Crippen LogP contribution < -0.4 is 29.6 Å². The van der Waals surface area contributed by atoms with E-state index in [2.05, 4.69) is 22.8 Å². The van der Waals surface area contributed by atoms with Crippen LogP contribution in [0.1, 0.15) is 16.7 Å². The number of ether oxygens (including phenoxy) is 4. The van der Waals surface area contributed by atoms with Crippen LogP contribution >= 0.6 is 0 Å². The van der Waals surface area contributed by atoms with Gasteiger partial charge in [0.15, 0.2) is 23.0 Å². The van der Waals surface area contributed by atoms with Gasteiger partial charge in [0, 0.05) is 12.6 Å². The van der Waals surface area contributed by atoms with Crippen LogP contribution in [-0.2, 0) is 19.3 Å². The van der Waals surface area contributed by atoms with Crippen LogP contribution in [0.4, 0.5) is 4.79 Å². The van der Waals surface area contributed by atoms with Crippen molar-refractivity contribution in [1.29, 1.82) is 0 Å². The van der Waals surface area contributed by atoms with E-state index in [9.17, 15) is 4.79 Å². The highest BCUT2D eigenvalue weighted by Gasteiger charge is 2.20. The number of nitrogens with one attached hydrogen (secondary N) is 2. The van der Waals surface area contributed by atoms with Gasteiger partial charge in [-0.05, 0) is 60.2 Å². The minimum absolute atomic E-state index is 0.123. The van der Waals surface area contributed by atoms with Crippen LogP contribution in [0.2, 0.25) is 0 Å². The number of carbonyl (C=O) groups excluding carboxylic acids is 1. The average molecular weight is 447 g/mol. The van der Waals surface area contributed by atoms with Gasteiger partial charge in [-0.25, -0.2) is 4.79 Å². The van der Waals surface area contributed by atoms with Crippen molar-refractivity contribution >= 4 is 6.03 Å². The van der Waals surface area contributed by atoms with E-state index in [0.29, 0.717) is 19.4 Å². The monoisotopic (exact) mass is 446 g/mol. The number of hydrogen-bond donors (Lipinski definition) is 2. The molecule has 3 aromatic rings. The van der Waals surface area contributed by atoms with Crippen molar-refractivity contribution in [1.82, 2.24) is 10.6 Å². The largest absolute Gasteiger partial charge is 0.454 e. The van der Waals surface area contributed by atoms with Gasteiger partial charge in [0.05, 0.1) is 0 Å². The summed E-state index contributed by atoms with van der Waals surface area (Å²) in [5.74, 6) is 2.97. The molecule has 170 valence electrons. The quantitative estimate of drug-likeness (QED) is 0.550. The SMILES string of the molecule is O=C(NCCc1ccccc1)NC(Cc1ccc2c(c1)OCO2)Cc1ccc2c(c1)OCO2. The van der Waals surface area contributed by atoms with E-state index in [-0.39, 0.29) is 25.7 Å². The van der Waals surface area contributed by atoms with E-state index in [1.165, 1.54) is 5.56 Å². The lowest BCUT2D eigenvalue weighted by atomic mass is 9.98. The van der Waals surface area contributed by atoms with Crippen LogP contribution in [0.15, 0.2) is 66.7 Å². The van der Waals surface area contributed by atoms with Crippen molar-refractivity contribution < 1.29 is 23.7 Å². The lowest BCUT2D eigenvalue weighted by Crippen LogP contribution is -2.44. The third-order valence-electron chi connectivity index (χ3n) is 5.72. The lowest BCUT2D eigenvalue weighted by Gasteiger charge is -2.20. The van der Waals surface area contributed by atoms with Gasteiger partial charge in [-0.2, -0.15) is 0 Å². The summed E-state index contributed by atoms with van der Waals surface area (Å²) in [5.41, 5.74) is 3.32. The van der Waals surface area contributed by atoms with Crippen molar-refractivity contribution in [3.63, 3.8) is 0 Å². The highest BCUT2D eigenvalue weighted by Crippen LogP contribution is 2.34. The predicted octanol–water partition coefficient (Wildman–Crippen LogP) is 3.84. The number of carbonyl (C=O) groups is 1. The van der Waals surface area contributed by atoms with Gasteiger partial charge in [0.2, 0.25) is 13.6 Å². The third-order valence-corrected chi connectivity index (χ3v) is 5.72. The fourth-order valence-corrected chi connectivity index (χ4v) is 4.08. The Bertz CT molecular complexity index is 1060. The summed E-state index contributed by atoms with van der Waals surface area (Å²) in [6.07, 6.45) is 2.08. The Morgan fingerprint density at radius 3 is 1.91 bits per heavy atom. The molecule has 5 rings (SSSR count). The molecule has 33 heavy (non-hydrogen) atoms. The van der Waals surface area contributed by atoms with E-state index >= 15 is 0 Å². The van der Waals surface area contributed by atoms with E-state index in [4.69, 9.17) is 18.9 Å². The standard InChI is InChI=1S/C26H26N2O5/c29-26(27-11-10-18-4-2-1-3-5-18)28-21(12-19-6-8-22-24(14-19)32-16-30-22)13-20-7-9-23-25(15-20)33-17-31-23/h1-9,14-15,21H,10-13,16-17H2,(H2,27,28,29). The van der Waals surface area contributed by atoms with Crippen molar-refractivity contribution in [3.8, 4) is 23.0 Å². The summed E-state index contributed by atoms with van der Waals surface area (Å²) < 4.78 is 21.9. The fraction of sp³-hybridized carbons (Fsp3) is 0.269.